The molecule has 106 valence electrons. The van der Waals surface area contributed by atoms with E-state index in [1.165, 1.54) is 0 Å². The summed E-state index contributed by atoms with van der Waals surface area (Å²) in [5.74, 6) is -0.550. The molecule has 0 bridgehead atoms. The topological polar surface area (TPSA) is 93.5 Å². The fraction of sp³-hybridized carbons (Fsp3) is 0.833. The molecule has 6 nitrogen and oxygen atoms in total. The second kappa shape index (κ2) is 8.05. The third-order valence-electron chi connectivity index (χ3n) is 2.63. The van der Waals surface area contributed by atoms with Crippen molar-refractivity contribution >= 4 is 11.8 Å². The summed E-state index contributed by atoms with van der Waals surface area (Å²) in [5.41, 5.74) is 4.94. The minimum absolute atomic E-state index is 0.243. The van der Waals surface area contributed by atoms with Crippen LogP contribution >= 0.6 is 0 Å². The van der Waals surface area contributed by atoms with Crippen LogP contribution in [0.3, 0.4) is 0 Å². The van der Waals surface area contributed by atoms with E-state index in [0.717, 1.165) is 6.42 Å². The van der Waals surface area contributed by atoms with Crippen LogP contribution in [-0.4, -0.2) is 43.7 Å². The van der Waals surface area contributed by atoms with Gasteiger partial charge >= 0.3 is 0 Å². The minimum Gasteiger partial charge on any atom is -0.383 e. The molecular formula is C12H25N3O3. The van der Waals surface area contributed by atoms with Gasteiger partial charge < -0.3 is 21.1 Å². The van der Waals surface area contributed by atoms with Crippen LogP contribution in [0.2, 0.25) is 0 Å². The molecule has 2 amide bonds. The van der Waals surface area contributed by atoms with Crippen LogP contribution < -0.4 is 16.4 Å². The predicted molar refractivity (Wildman–Crippen MR) is 70.0 cm³/mol. The molecule has 18 heavy (non-hydrogen) atoms. The molecule has 0 spiro atoms. The quantitative estimate of drug-likeness (QED) is 0.525. The first kappa shape index (κ1) is 16.9. The molecule has 2 atom stereocenters. The third kappa shape index (κ3) is 5.97. The largest absolute Gasteiger partial charge is 0.383 e. The van der Waals surface area contributed by atoms with Crippen LogP contribution in [0.4, 0.5) is 0 Å². The van der Waals surface area contributed by atoms with E-state index < -0.39 is 11.6 Å². The van der Waals surface area contributed by atoms with Gasteiger partial charge in [-0.3, -0.25) is 9.59 Å². The lowest BCUT2D eigenvalue weighted by molar-refractivity contribution is -0.131. The van der Waals surface area contributed by atoms with Gasteiger partial charge in [-0.1, -0.05) is 13.3 Å². The number of hydrogen-bond donors (Lipinski definition) is 3. The van der Waals surface area contributed by atoms with E-state index in [2.05, 4.69) is 10.6 Å². The number of nitrogens with two attached hydrogens (primary N) is 1. The molecule has 0 rings (SSSR count). The van der Waals surface area contributed by atoms with E-state index >= 15 is 0 Å². The monoisotopic (exact) mass is 259 g/mol. The van der Waals surface area contributed by atoms with Crippen molar-refractivity contribution in [2.75, 3.05) is 20.3 Å². The first-order chi connectivity index (χ1) is 8.35. The van der Waals surface area contributed by atoms with E-state index in [0.29, 0.717) is 19.6 Å². The Morgan fingerprint density at radius 3 is 2.56 bits per heavy atom. The summed E-state index contributed by atoms with van der Waals surface area (Å²) < 4.78 is 4.82. The summed E-state index contributed by atoms with van der Waals surface area (Å²) in [4.78, 5) is 23.5. The number of nitrogens with one attached hydrogen (secondary N) is 2. The minimum atomic E-state index is -0.935. The molecule has 0 fully saturated rings. The van der Waals surface area contributed by atoms with Gasteiger partial charge in [-0.25, -0.2) is 0 Å². The van der Waals surface area contributed by atoms with Crippen molar-refractivity contribution in [3.63, 3.8) is 0 Å². The first-order valence-corrected chi connectivity index (χ1v) is 6.21. The molecule has 0 saturated heterocycles. The fourth-order valence-corrected chi connectivity index (χ4v) is 1.49. The molecule has 0 aromatic rings. The van der Waals surface area contributed by atoms with Crippen molar-refractivity contribution in [1.82, 2.24) is 10.6 Å². The van der Waals surface area contributed by atoms with Crippen LogP contribution in [-0.2, 0) is 14.3 Å². The fourth-order valence-electron chi connectivity index (χ4n) is 1.49. The average Bonchev–Trinajstić information content (AvgIpc) is 2.28. The van der Waals surface area contributed by atoms with E-state index in [1.54, 1.807) is 21.0 Å². The van der Waals surface area contributed by atoms with E-state index in [9.17, 15) is 9.59 Å². The number of carbonyl (C=O) groups is 2. The van der Waals surface area contributed by atoms with Crippen LogP contribution in [0.25, 0.3) is 0 Å². The summed E-state index contributed by atoms with van der Waals surface area (Å²) in [5, 5.41) is 5.27. The lowest BCUT2D eigenvalue weighted by Gasteiger charge is -2.25. The van der Waals surface area contributed by atoms with Crippen molar-refractivity contribution < 1.29 is 14.3 Å². The summed E-state index contributed by atoms with van der Waals surface area (Å²) in [6, 6.07) is -0.603. The Balaban J connectivity index is 4.17. The molecule has 0 saturated carbocycles. The van der Waals surface area contributed by atoms with E-state index in [-0.39, 0.29) is 11.8 Å². The van der Waals surface area contributed by atoms with Gasteiger partial charge in [0.25, 0.3) is 0 Å². The second-order valence-electron chi connectivity index (χ2n) is 4.65. The Hall–Kier alpha value is -1.14. The second-order valence-corrected chi connectivity index (χ2v) is 4.65. The summed E-state index contributed by atoms with van der Waals surface area (Å²) in [6.07, 6.45) is 1.39. The maximum absolute atomic E-state index is 11.9. The molecule has 0 aliphatic carbocycles. The van der Waals surface area contributed by atoms with Gasteiger partial charge in [0.1, 0.15) is 6.04 Å². The lowest BCUT2D eigenvalue weighted by Crippen LogP contribution is -2.56. The Labute approximate surface area is 109 Å². The molecule has 0 radical (unpaired) electrons. The molecule has 0 aliphatic heterocycles. The van der Waals surface area contributed by atoms with E-state index in [1.807, 2.05) is 6.92 Å². The highest BCUT2D eigenvalue weighted by Crippen LogP contribution is 2.08. The number of amides is 2. The van der Waals surface area contributed by atoms with Crippen LogP contribution in [0, 0.1) is 0 Å². The number of rotatable bonds is 8. The summed E-state index contributed by atoms with van der Waals surface area (Å²) in [6.45, 7) is 6.12. The Morgan fingerprint density at radius 2 is 2.06 bits per heavy atom. The van der Waals surface area contributed by atoms with Crippen molar-refractivity contribution in [3.05, 3.63) is 0 Å². The van der Waals surface area contributed by atoms with Gasteiger partial charge in [0.15, 0.2) is 0 Å². The van der Waals surface area contributed by atoms with Crippen molar-refractivity contribution in [1.29, 1.82) is 0 Å². The van der Waals surface area contributed by atoms with Gasteiger partial charge in [-0.15, -0.1) is 0 Å². The molecule has 0 aliphatic rings. The molecule has 6 heteroatoms. The zero-order valence-corrected chi connectivity index (χ0v) is 11.7. The third-order valence-corrected chi connectivity index (χ3v) is 2.63. The van der Waals surface area contributed by atoms with E-state index in [4.69, 9.17) is 10.5 Å². The SMILES string of the molecule is CCCC(C)(N)C(=O)NC(C)C(=O)NCCOC. The normalized spacial score (nSPS) is 15.6. The highest BCUT2D eigenvalue weighted by Gasteiger charge is 2.29. The molecule has 0 heterocycles. The van der Waals surface area contributed by atoms with Crippen LogP contribution in [0.15, 0.2) is 0 Å². The smallest absolute Gasteiger partial charge is 0.242 e. The van der Waals surface area contributed by atoms with Crippen LogP contribution in [0.1, 0.15) is 33.6 Å². The lowest BCUT2D eigenvalue weighted by atomic mass is 9.96. The Kier molecular flexibility index (Phi) is 7.54. The number of ether oxygens (including phenoxy) is 1. The van der Waals surface area contributed by atoms with Gasteiger partial charge in [0.05, 0.1) is 12.1 Å². The highest BCUT2D eigenvalue weighted by atomic mass is 16.5. The number of methoxy groups -OCH3 is 1. The zero-order valence-electron chi connectivity index (χ0n) is 11.7. The van der Waals surface area contributed by atoms with Crippen molar-refractivity contribution in [2.24, 2.45) is 5.73 Å². The van der Waals surface area contributed by atoms with Crippen LogP contribution in [0.5, 0.6) is 0 Å². The average molecular weight is 259 g/mol. The first-order valence-electron chi connectivity index (χ1n) is 6.21. The highest BCUT2D eigenvalue weighted by molar-refractivity contribution is 5.91. The molecule has 4 N–H and O–H groups in total. The predicted octanol–water partition coefficient (Wildman–Crippen LogP) is -0.229. The van der Waals surface area contributed by atoms with Gasteiger partial charge in [-0.2, -0.15) is 0 Å². The summed E-state index contributed by atoms with van der Waals surface area (Å²) >= 11 is 0. The van der Waals surface area contributed by atoms with Gasteiger partial charge in [-0.05, 0) is 20.3 Å². The maximum atomic E-state index is 11.9. The van der Waals surface area contributed by atoms with Crippen molar-refractivity contribution in [3.8, 4) is 0 Å². The number of hydrogen-bond acceptors (Lipinski definition) is 4. The van der Waals surface area contributed by atoms with Gasteiger partial charge in [0.2, 0.25) is 11.8 Å². The maximum Gasteiger partial charge on any atom is 0.242 e. The number of carbonyl (C=O) groups excluding carboxylic acids is 2. The molecular weight excluding hydrogens is 234 g/mol. The Morgan fingerprint density at radius 1 is 1.44 bits per heavy atom. The molecule has 0 aromatic carbocycles. The summed E-state index contributed by atoms with van der Waals surface area (Å²) in [7, 11) is 1.56. The standard InChI is InChI=1S/C12H25N3O3/c1-5-6-12(3,13)11(17)15-9(2)10(16)14-7-8-18-4/h9H,5-8,13H2,1-4H3,(H,14,16)(H,15,17). The van der Waals surface area contributed by atoms with Gasteiger partial charge in [0, 0.05) is 13.7 Å². The Bertz CT molecular complexity index is 280. The molecule has 2 unspecified atom stereocenters. The zero-order chi connectivity index (χ0) is 14.2. The molecule has 0 aromatic heterocycles. The van der Waals surface area contributed by atoms with Crippen molar-refractivity contribution in [2.45, 2.75) is 45.2 Å².